The number of nitrogens with zero attached hydrogens (tertiary/aromatic N) is 2. The largest absolute Gasteiger partial charge is 0.340 e. The standard InChI is InChI=1S/C22H21FN4O2S/c1-14(2)20(27-21(28)16-7-3-4-8-17(16)23)22(29)26-15-10-12-25-19(13-15)30-18-9-5-6-11-24-18/h3-14,20H,1-2H3,(H,27,28)(H,25,26,29). The highest BCUT2D eigenvalue weighted by molar-refractivity contribution is 7.99. The van der Waals surface area contributed by atoms with E-state index in [0.717, 1.165) is 5.03 Å². The molecule has 0 fully saturated rings. The Morgan fingerprint density at radius 1 is 0.967 bits per heavy atom. The molecule has 8 heteroatoms. The second-order valence-corrected chi connectivity index (χ2v) is 7.86. The van der Waals surface area contributed by atoms with Crippen molar-refractivity contribution in [1.29, 1.82) is 0 Å². The summed E-state index contributed by atoms with van der Waals surface area (Å²) in [5.41, 5.74) is 0.438. The Bertz CT molecular complexity index is 1030. The van der Waals surface area contributed by atoms with E-state index in [0.29, 0.717) is 10.7 Å². The number of carbonyl (C=O) groups excluding carboxylic acids is 2. The smallest absolute Gasteiger partial charge is 0.254 e. The number of rotatable bonds is 7. The number of pyridine rings is 2. The summed E-state index contributed by atoms with van der Waals surface area (Å²) in [6.45, 7) is 3.61. The summed E-state index contributed by atoms with van der Waals surface area (Å²) in [6.07, 6.45) is 3.28. The molecule has 0 bridgehead atoms. The molecule has 0 aliphatic heterocycles. The van der Waals surface area contributed by atoms with E-state index >= 15 is 0 Å². The van der Waals surface area contributed by atoms with Crippen LogP contribution in [0.5, 0.6) is 0 Å². The minimum Gasteiger partial charge on any atom is -0.340 e. The molecule has 154 valence electrons. The third-order valence-corrected chi connectivity index (χ3v) is 5.09. The number of nitrogens with one attached hydrogen (secondary N) is 2. The highest BCUT2D eigenvalue weighted by atomic mass is 32.2. The van der Waals surface area contributed by atoms with E-state index in [9.17, 15) is 14.0 Å². The van der Waals surface area contributed by atoms with E-state index in [-0.39, 0.29) is 11.5 Å². The van der Waals surface area contributed by atoms with Crippen molar-refractivity contribution in [2.24, 2.45) is 5.92 Å². The van der Waals surface area contributed by atoms with Crippen LogP contribution in [0.25, 0.3) is 0 Å². The summed E-state index contributed by atoms with van der Waals surface area (Å²) in [5.74, 6) is -1.87. The van der Waals surface area contributed by atoms with E-state index in [2.05, 4.69) is 20.6 Å². The second kappa shape index (κ2) is 9.98. The average Bonchev–Trinajstić information content (AvgIpc) is 2.73. The van der Waals surface area contributed by atoms with Crippen LogP contribution in [-0.2, 0) is 4.79 Å². The average molecular weight is 425 g/mol. The molecule has 0 aliphatic rings. The lowest BCUT2D eigenvalue weighted by Gasteiger charge is -2.22. The number of hydrogen-bond acceptors (Lipinski definition) is 5. The Labute approximate surface area is 178 Å². The Hall–Kier alpha value is -3.26. The van der Waals surface area contributed by atoms with Gasteiger partial charge in [0.2, 0.25) is 5.91 Å². The summed E-state index contributed by atoms with van der Waals surface area (Å²) >= 11 is 1.37. The molecule has 2 heterocycles. The molecule has 3 aromatic rings. The quantitative estimate of drug-likeness (QED) is 0.595. The molecule has 2 N–H and O–H groups in total. The predicted molar refractivity (Wildman–Crippen MR) is 114 cm³/mol. The van der Waals surface area contributed by atoms with Gasteiger partial charge in [0.1, 0.15) is 21.9 Å². The molecule has 30 heavy (non-hydrogen) atoms. The monoisotopic (exact) mass is 424 g/mol. The van der Waals surface area contributed by atoms with Gasteiger partial charge in [-0.2, -0.15) is 0 Å². The lowest BCUT2D eigenvalue weighted by Crippen LogP contribution is -2.47. The third-order valence-electron chi connectivity index (χ3n) is 4.20. The van der Waals surface area contributed by atoms with Crippen molar-refractivity contribution >= 4 is 29.3 Å². The van der Waals surface area contributed by atoms with Gasteiger partial charge >= 0.3 is 0 Å². The Kier molecular flexibility index (Phi) is 7.13. The van der Waals surface area contributed by atoms with Crippen LogP contribution in [0, 0.1) is 11.7 Å². The molecule has 2 aromatic heterocycles. The lowest BCUT2D eigenvalue weighted by molar-refractivity contribution is -0.118. The zero-order valence-corrected chi connectivity index (χ0v) is 17.3. The van der Waals surface area contributed by atoms with E-state index in [4.69, 9.17) is 0 Å². The summed E-state index contributed by atoms with van der Waals surface area (Å²) in [4.78, 5) is 33.8. The van der Waals surface area contributed by atoms with Gasteiger partial charge in [-0.3, -0.25) is 9.59 Å². The fourth-order valence-corrected chi connectivity index (χ4v) is 3.45. The van der Waals surface area contributed by atoms with Crippen LogP contribution in [0.2, 0.25) is 0 Å². The minimum atomic E-state index is -0.836. The van der Waals surface area contributed by atoms with Gasteiger partial charge in [-0.1, -0.05) is 43.8 Å². The molecule has 1 atom stereocenters. The first-order valence-electron chi connectivity index (χ1n) is 9.35. The first kappa shape index (κ1) is 21.4. The van der Waals surface area contributed by atoms with Crippen LogP contribution in [0.4, 0.5) is 10.1 Å². The first-order valence-corrected chi connectivity index (χ1v) is 10.2. The maximum absolute atomic E-state index is 13.9. The Morgan fingerprint density at radius 2 is 1.70 bits per heavy atom. The minimum absolute atomic E-state index is 0.103. The topological polar surface area (TPSA) is 84.0 Å². The number of benzene rings is 1. The molecule has 0 saturated heterocycles. The number of anilines is 1. The summed E-state index contributed by atoms with van der Waals surface area (Å²) in [5, 5.41) is 6.88. The van der Waals surface area contributed by atoms with E-state index in [1.807, 2.05) is 18.2 Å². The van der Waals surface area contributed by atoms with Crippen LogP contribution in [0.1, 0.15) is 24.2 Å². The van der Waals surface area contributed by atoms with E-state index < -0.39 is 23.7 Å². The maximum Gasteiger partial charge on any atom is 0.254 e. The van der Waals surface area contributed by atoms with E-state index in [1.165, 1.54) is 30.0 Å². The van der Waals surface area contributed by atoms with Crippen LogP contribution in [0.3, 0.4) is 0 Å². The number of halogens is 1. The molecule has 1 unspecified atom stereocenters. The maximum atomic E-state index is 13.9. The highest BCUT2D eigenvalue weighted by Crippen LogP contribution is 2.25. The van der Waals surface area contributed by atoms with Crippen molar-refractivity contribution in [3.8, 4) is 0 Å². The fraction of sp³-hybridized carbons (Fsp3) is 0.182. The molecule has 1 aromatic carbocycles. The van der Waals surface area contributed by atoms with Gasteiger partial charge in [-0.15, -0.1) is 0 Å². The molecule has 2 amide bonds. The Balaban J connectivity index is 1.70. The predicted octanol–water partition coefficient (Wildman–Crippen LogP) is 4.16. The van der Waals surface area contributed by atoms with Gasteiger partial charge in [0, 0.05) is 18.1 Å². The summed E-state index contributed by atoms with van der Waals surface area (Å²) in [7, 11) is 0. The summed E-state index contributed by atoms with van der Waals surface area (Å²) < 4.78 is 13.9. The number of carbonyl (C=O) groups is 2. The molecular formula is C22H21FN4O2S. The molecule has 0 saturated carbocycles. The zero-order valence-electron chi connectivity index (χ0n) is 16.5. The van der Waals surface area contributed by atoms with Crippen molar-refractivity contribution in [1.82, 2.24) is 15.3 Å². The van der Waals surface area contributed by atoms with Gasteiger partial charge in [-0.25, -0.2) is 14.4 Å². The molecular weight excluding hydrogens is 403 g/mol. The lowest BCUT2D eigenvalue weighted by atomic mass is 10.0. The number of amides is 2. The second-order valence-electron chi connectivity index (χ2n) is 6.82. The summed E-state index contributed by atoms with van der Waals surface area (Å²) in [6, 6.07) is 13.8. The van der Waals surface area contributed by atoms with E-state index in [1.54, 1.807) is 44.4 Å². The van der Waals surface area contributed by atoms with Crippen molar-refractivity contribution in [2.45, 2.75) is 29.9 Å². The van der Waals surface area contributed by atoms with Gasteiger partial charge in [0.25, 0.3) is 5.91 Å². The normalized spacial score (nSPS) is 11.7. The molecule has 0 spiro atoms. The van der Waals surface area contributed by atoms with Crippen LogP contribution < -0.4 is 10.6 Å². The van der Waals surface area contributed by atoms with Crippen molar-refractivity contribution < 1.29 is 14.0 Å². The molecule has 0 radical (unpaired) electrons. The van der Waals surface area contributed by atoms with Crippen LogP contribution >= 0.6 is 11.8 Å². The van der Waals surface area contributed by atoms with Gasteiger partial charge in [-0.05, 0) is 42.3 Å². The first-order chi connectivity index (χ1) is 14.4. The van der Waals surface area contributed by atoms with Crippen molar-refractivity contribution in [3.05, 3.63) is 78.4 Å². The number of hydrogen-bond donors (Lipinski definition) is 2. The van der Waals surface area contributed by atoms with Crippen molar-refractivity contribution in [2.75, 3.05) is 5.32 Å². The highest BCUT2D eigenvalue weighted by Gasteiger charge is 2.26. The van der Waals surface area contributed by atoms with Gasteiger partial charge in [0.15, 0.2) is 0 Å². The molecule has 6 nitrogen and oxygen atoms in total. The Morgan fingerprint density at radius 3 is 2.40 bits per heavy atom. The molecule has 0 aliphatic carbocycles. The van der Waals surface area contributed by atoms with Crippen LogP contribution in [-0.4, -0.2) is 27.8 Å². The van der Waals surface area contributed by atoms with Gasteiger partial charge in [0.05, 0.1) is 5.56 Å². The zero-order chi connectivity index (χ0) is 21.5. The third kappa shape index (κ3) is 5.64. The fourth-order valence-electron chi connectivity index (χ4n) is 2.68. The van der Waals surface area contributed by atoms with Crippen LogP contribution in [0.15, 0.2) is 77.0 Å². The van der Waals surface area contributed by atoms with Crippen molar-refractivity contribution in [3.63, 3.8) is 0 Å². The number of aromatic nitrogens is 2. The molecule has 3 rings (SSSR count). The van der Waals surface area contributed by atoms with Gasteiger partial charge < -0.3 is 10.6 Å². The SMILES string of the molecule is CC(C)C(NC(=O)c1ccccc1F)C(=O)Nc1ccnc(Sc2ccccn2)c1.